The van der Waals surface area contributed by atoms with Crippen LogP contribution in [0.1, 0.15) is 25.0 Å². The Morgan fingerprint density at radius 1 is 1.06 bits per heavy atom. The molecule has 1 fully saturated rings. The van der Waals surface area contributed by atoms with Crippen LogP contribution in [0.4, 0.5) is 11.4 Å². The van der Waals surface area contributed by atoms with Crippen molar-refractivity contribution in [2.45, 2.75) is 32.1 Å². The molecule has 0 atom stereocenters. The summed E-state index contributed by atoms with van der Waals surface area (Å²) in [6, 6.07) is 12.8. The molecule has 8 heteroatoms. The molecule has 1 heterocycles. The highest BCUT2D eigenvalue weighted by Gasteiger charge is 2.24. The van der Waals surface area contributed by atoms with E-state index < -0.39 is 10.0 Å². The zero-order valence-electron chi connectivity index (χ0n) is 18.4. The average molecular weight is 446 g/mol. The van der Waals surface area contributed by atoms with Crippen molar-refractivity contribution in [2.75, 3.05) is 49.6 Å². The van der Waals surface area contributed by atoms with Gasteiger partial charge in [0.25, 0.3) is 0 Å². The number of anilines is 2. The third-order valence-electron chi connectivity index (χ3n) is 5.42. The number of carbonyl (C=O) groups is 1. The van der Waals surface area contributed by atoms with Crippen molar-refractivity contribution in [3.8, 4) is 0 Å². The fraction of sp³-hybridized carbons (Fsp3) is 0.435. The van der Waals surface area contributed by atoms with E-state index in [0.717, 1.165) is 16.8 Å². The number of aryl methyl sites for hydroxylation is 1. The number of ether oxygens (including phenoxy) is 1. The number of morpholine rings is 1. The van der Waals surface area contributed by atoms with Crippen LogP contribution >= 0.6 is 0 Å². The molecule has 2 aromatic carbocycles. The van der Waals surface area contributed by atoms with E-state index in [1.807, 2.05) is 45.0 Å². The van der Waals surface area contributed by atoms with Gasteiger partial charge < -0.3 is 15.0 Å². The lowest BCUT2D eigenvalue weighted by molar-refractivity contribution is -0.115. The summed E-state index contributed by atoms with van der Waals surface area (Å²) < 4.78 is 32.9. The highest BCUT2D eigenvalue weighted by atomic mass is 32.2. The second-order valence-electron chi connectivity index (χ2n) is 7.58. The molecule has 1 saturated heterocycles. The van der Waals surface area contributed by atoms with Crippen molar-refractivity contribution in [3.63, 3.8) is 0 Å². The highest BCUT2D eigenvalue weighted by Crippen LogP contribution is 2.31. The summed E-state index contributed by atoms with van der Waals surface area (Å²) in [6.07, 6.45) is 0.218. The maximum absolute atomic E-state index is 13.0. The van der Waals surface area contributed by atoms with Gasteiger partial charge in [-0.05, 0) is 30.7 Å². The van der Waals surface area contributed by atoms with Crippen molar-refractivity contribution >= 4 is 27.3 Å². The van der Waals surface area contributed by atoms with Crippen LogP contribution in [-0.4, -0.2) is 58.0 Å². The molecule has 0 unspecified atom stereocenters. The van der Waals surface area contributed by atoms with Gasteiger partial charge in [0.05, 0.1) is 35.9 Å². The molecule has 0 saturated carbocycles. The number of rotatable bonds is 8. The lowest BCUT2D eigenvalue weighted by Crippen LogP contribution is -2.37. The Balaban J connectivity index is 1.91. The van der Waals surface area contributed by atoms with Gasteiger partial charge in [-0.3, -0.25) is 4.79 Å². The first-order chi connectivity index (χ1) is 14.8. The molecule has 31 heavy (non-hydrogen) atoms. The van der Waals surface area contributed by atoms with E-state index in [0.29, 0.717) is 45.1 Å². The number of sulfonamides is 1. The Morgan fingerprint density at radius 2 is 1.71 bits per heavy atom. The molecule has 0 bridgehead atoms. The Bertz CT molecular complexity index is 996. The Morgan fingerprint density at radius 3 is 2.32 bits per heavy atom. The van der Waals surface area contributed by atoms with Crippen LogP contribution in [0.5, 0.6) is 0 Å². The van der Waals surface area contributed by atoms with Gasteiger partial charge in [-0.15, -0.1) is 0 Å². The van der Waals surface area contributed by atoms with Gasteiger partial charge in [0.1, 0.15) is 0 Å². The van der Waals surface area contributed by atoms with Crippen molar-refractivity contribution in [3.05, 3.63) is 53.6 Å². The largest absolute Gasteiger partial charge is 0.378 e. The van der Waals surface area contributed by atoms with Crippen LogP contribution in [0, 0.1) is 6.92 Å². The van der Waals surface area contributed by atoms with E-state index in [2.05, 4.69) is 10.2 Å². The molecule has 1 amide bonds. The van der Waals surface area contributed by atoms with Crippen molar-refractivity contribution in [1.82, 2.24) is 4.31 Å². The number of hydrogen-bond donors (Lipinski definition) is 1. The zero-order chi connectivity index (χ0) is 22.4. The molecule has 0 radical (unpaired) electrons. The average Bonchev–Trinajstić information content (AvgIpc) is 2.76. The van der Waals surface area contributed by atoms with Crippen LogP contribution < -0.4 is 10.2 Å². The van der Waals surface area contributed by atoms with E-state index >= 15 is 0 Å². The monoisotopic (exact) mass is 445 g/mol. The van der Waals surface area contributed by atoms with E-state index in [4.69, 9.17) is 4.74 Å². The second-order valence-corrected chi connectivity index (χ2v) is 9.52. The molecule has 1 aliphatic heterocycles. The topological polar surface area (TPSA) is 79.0 Å². The quantitative estimate of drug-likeness (QED) is 0.676. The van der Waals surface area contributed by atoms with Crippen molar-refractivity contribution in [1.29, 1.82) is 0 Å². The van der Waals surface area contributed by atoms with Crippen molar-refractivity contribution in [2.24, 2.45) is 0 Å². The summed E-state index contributed by atoms with van der Waals surface area (Å²) in [5.41, 5.74) is 3.35. The molecule has 3 rings (SSSR count). The summed E-state index contributed by atoms with van der Waals surface area (Å²) in [4.78, 5) is 15.1. The minimum absolute atomic E-state index is 0.179. The van der Waals surface area contributed by atoms with E-state index in [9.17, 15) is 13.2 Å². The van der Waals surface area contributed by atoms with Crippen molar-refractivity contribution < 1.29 is 17.9 Å². The van der Waals surface area contributed by atoms with E-state index in [1.165, 1.54) is 4.31 Å². The fourth-order valence-corrected chi connectivity index (χ4v) is 5.14. The van der Waals surface area contributed by atoms with E-state index in [-0.39, 0.29) is 17.2 Å². The fourth-order valence-electron chi connectivity index (χ4n) is 3.65. The number of nitrogens with zero attached hydrogens (tertiary/aromatic N) is 2. The third-order valence-corrected chi connectivity index (χ3v) is 7.47. The summed E-state index contributed by atoms with van der Waals surface area (Å²) in [5, 5.41) is 2.95. The first kappa shape index (κ1) is 23.2. The minimum atomic E-state index is -3.63. The predicted molar refractivity (Wildman–Crippen MR) is 123 cm³/mol. The van der Waals surface area contributed by atoms with Gasteiger partial charge in [0, 0.05) is 26.2 Å². The van der Waals surface area contributed by atoms with E-state index in [1.54, 1.807) is 18.2 Å². The lowest BCUT2D eigenvalue weighted by Gasteiger charge is -2.31. The molecule has 0 aromatic heterocycles. The minimum Gasteiger partial charge on any atom is -0.378 e. The Labute approximate surface area is 185 Å². The van der Waals surface area contributed by atoms with Gasteiger partial charge in [-0.25, -0.2) is 8.42 Å². The number of amides is 1. The van der Waals surface area contributed by atoms with Gasteiger partial charge in [-0.1, -0.05) is 43.7 Å². The summed E-state index contributed by atoms with van der Waals surface area (Å²) >= 11 is 0. The van der Waals surface area contributed by atoms with Crippen LogP contribution in [0.3, 0.4) is 0 Å². The predicted octanol–water partition coefficient (Wildman–Crippen LogP) is 3.04. The molecule has 2 aromatic rings. The molecular weight excluding hydrogens is 414 g/mol. The van der Waals surface area contributed by atoms with Gasteiger partial charge in [-0.2, -0.15) is 4.31 Å². The highest BCUT2D eigenvalue weighted by molar-refractivity contribution is 7.89. The Hall–Kier alpha value is -2.42. The standard InChI is InChI=1S/C23H31N3O4S/c1-4-26(5-2)31(28,29)20-10-11-22(25-12-14-30-15-13-25)21(17-20)24-23(27)16-19-8-6-18(3)7-9-19/h6-11,17H,4-5,12-16H2,1-3H3,(H,24,27). The summed E-state index contributed by atoms with van der Waals surface area (Å²) in [5.74, 6) is -0.184. The molecule has 7 nitrogen and oxygen atoms in total. The van der Waals surface area contributed by atoms with Crippen LogP contribution in [-0.2, 0) is 26.0 Å². The molecule has 0 spiro atoms. The van der Waals surface area contributed by atoms with Crippen LogP contribution in [0.2, 0.25) is 0 Å². The van der Waals surface area contributed by atoms with Crippen LogP contribution in [0.15, 0.2) is 47.4 Å². The Kier molecular flexibility index (Phi) is 7.69. The van der Waals surface area contributed by atoms with Gasteiger partial charge in [0.15, 0.2) is 0 Å². The molecule has 1 aliphatic rings. The van der Waals surface area contributed by atoms with Gasteiger partial charge in [0.2, 0.25) is 15.9 Å². The number of nitrogens with one attached hydrogen (secondary N) is 1. The van der Waals surface area contributed by atoms with Crippen LogP contribution in [0.25, 0.3) is 0 Å². The first-order valence-corrected chi connectivity index (χ1v) is 12.1. The number of carbonyl (C=O) groups excluding carboxylic acids is 1. The maximum atomic E-state index is 13.0. The summed E-state index contributed by atoms with van der Waals surface area (Å²) in [7, 11) is -3.63. The molecule has 168 valence electrons. The molecule has 0 aliphatic carbocycles. The van der Waals surface area contributed by atoms with Gasteiger partial charge >= 0.3 is 0 Å². The number of hydrogen-bond acceptors (Lipinski definition) is 5. The first-order valence-electron chi connectivity index (χ1n) is 10.7. The third kappa shape index (κ3) is 5.64. The number of benzene rings is 2. The molecular formula is C23H31N3O4S. The lowest BCUT2D eigenvalue weighted by atomic mass is 10.1. The normalized spacial score (nSPS) is 14.6. The summed E-state index contributed by atoms with van der Waals surface area (Å²) in [6.45, 7) is 8.96. The smallest absolute Gasteiger partial charge is 0.243 e. The second kappa shape index (κ2) is 10.3. The maximum Gasteiger partial charge on any atom is 0.243 e. The zero-order valence-corrected chi connectivity index (χ0v) is 19.2. The SMILES string of the molecule is CCN(CC)S(=O)(=O)c1ccc(N2CCOCC2)c(NC(=O)Cc2ccc(C)cc2)c1. The molecule has 1 N–H and O–H groups in total.